The van der Waals surface area contributed by atoms with Crippen LogP contribution < -0.4 is 4.90 Å². The van der Waals surface area contributed by atoms with Crippen molar-refractivity contribution >= 4 is 92.0 Å². The fraction of sp³-hybridized carbons (Fsp3) is 0. The Morgan fingerprint density at radius 3 is 2.02 bits per heavy atom. The number of thiophene rings is 1. The van der Waals surface area contributed by atoms with Crippen molar-refractivity contribution in [3.05, 3.63) is 182 Å². The number of benzene rings is 9. The van der Waals surface area contributed by atoms with Gasteiger partial charge >= 0.3 is 0 Å². The molecule has 53 heavy (non-hydrogen) atoms. The largest absolute Gasteiger partial charge is 0.435 e. The van der Waals surface area contributed by atoms with E-state index in [1.807, 2.05) is 41.7 Å². The zero-order valence-electron chi connectivity index (χ0n) is 28.5. The van der Waals surface area contributed by atoms with Crippen LogP contribution in [0.25, 0.3) is 86.2 Å². The van der Waals surface area contributed by atoms with Gasteiger partial charge in [0.2, 0.25) is 5.89 Å². The van der Waals surface area contributed by atoms with Gasteiger partial charge in [-0.25, -0.2) is 4.98 Å². The van der Waals surface area contributed by atoms with Crippen LogP contribution in [-0.4, -0.2) is 4.98 Å². The summed E-state index contributed by atoms with van der Waals surface area (Å²) in [6.07, 6.45) is 0. The smallest absolute Gasteiger partial charge is 0.227 e. The molecule has 0 N–H and O–H groups in total. The van der Waals surface area contributed by atoms with Crippen molar-refractivity contribution in [3.8, 4) is 22.6 Å². The van der Waals surface area contributed by atoms with Crippen molar-refractivity contribution in [2.24, 2.45) is 0 Å². The summed E-state index contributed by atoms with van der Waals surface area (Å²) < 4.78 is 9.18. The average molecular weight is 695 g/mol. The Hall–Kier alpha value is -6.75. The van der Waals surface area contributed by atoms with Gasteiger partial charge in [0, 0.05) is 53.4 Å². The summed E-state index contributed by atoms with van der Waals surface area (Å²) in [6.45, 7) is 0. The van der Waals surface area contributed by atoms with Crippen molar-refractivity contribution in [2.75, 3.05) is 4.90 Å². The standard InChI is InChI=1S/C49H30N2OS/c1-3-11-33(12-4-1)49-50-42-27-24-32-20-19-31-21-22-35-29-34(23-26-39(35)46(31)47(32)48(42)52-49)38-15-7-9-17-43(38)51(36-13-5-2-6-14-36)37-25-28-45-41(30-37)40-16-8-10-18-44(40)53-45/h1-30H. The van der Waals surface area contributed by atoms with Crippen LogP contribution in [0.1, 0.15) is 0 Å². The summed E-state index contributed by atoms with van der Waals surface area (Å²) in [5.74, 6) is 0.638. The lowest BCUT2D eigenvalue weighted by atomic mass is 9.93. The second kappa shape index (κ2) is 11.9. The van der Waals surface area contributed by atoms with E-state index >= 15 is 0 Å². The van der Waals surface area contributed by atoms with Gasteiger partial charge in [0.15, 0.2) is 5.58 Å². The van der Waals surface area contributed by atoms with Crippen molar-refractivity contribution in [3.63, 3.8) is 0 Å². The molecule has 0 atom stereocenters. The highest BCUT2D eigenvalue weighted by Crippen LogP contribution is 2.45. The Morgan fingerprint density at radius 1 is 0.453 bits per heavy atom. The molecule has 9 aromatic carbocycles. The Bertz CT molecular complexity index is 3180. The Morgan fingerprint density at radius 2 is 1.15 bits per heavy atom. The van der Waals surface area contributed by atoms with Crippen molar-refractivity contribution in [1.82, 2.24) is 4.98 Å². The second-order valence-corrected chi connectivity index (χ2v) is 14.6. The third-order valence-corrected chi connectivity index (χ3v) is 11.6. The minimum absolute atomic E-state index is 0.638. The first kappa shape index (κ1) is 29.9. The highest BCUT2D eigenvalue weighted by molar-refractivity contribution is 7.25. The molecule has 248 valence electrons. The lowest BCUT2D eigenvalue weighted by molar-refractivity contribution is 0.623. The molecule has 0 saturated carbocycles. The minimum Gasteiger partial charge on any atom is -0.435 e. The van der Waals surface area contributed by atoms with Crippen LogP contribution in [0.15, 0.2) is 186 Å². The molecule has 0 spiro atoms. The maximum Gasteiger partial charge on any atom is 0.227 e. The van der Waals surface area contributed by atoms with E-state index < -0.39 is 0 Å². The summed E-state index contributed by atoms with van der Waals surface area (Å²) in [5, 5.41) is 9.53. The molecule has 0 radical (unpaired) electrons. The summed E-state index contributed by atoms with van der Waals surface area (Å²) >= 11 is 1.85. The lowest BCUT2D eigenvalue weighted by Gasteiger charge is -2.28. The number of fused-ring (bicyclic) bond motifs is 10. The zero-order valence-corrected chi connectivity index (χ0v) is 29.3. The molecular weight excluding hydrogens is 665 g/mol. The molecule has 0 aliphatic heterocycles. The fourth-order valence-electron chi connectivity index (χ4n) is 7.99. The molecular formula is C49H30N2OS. The topological polar surface area (TPSA) is 29.3 Å². The number of nitrogens with zero attached hydrogens (tertiary/aromatic N) is 2. The maximum absolute atomic E-state index is 6.57. The second-order valence-electron chi connectivity index (χ2n) is 13.5. The van der Waals surface area contributed by atoms with E-state index in [2.05, 4.69) is 157 Å². The highest BCUT2D eigenvalue weighted by atomic mass is 32.1. The summed E-state index contributed by atoms with van der Waals surface area (Å²) in [6, 6.07) is 65.2. The number of rotatable bonds is 5. The third kappa shape index (κ3) is 4.84. The monoisotopic (exact) mass is 694 g/mol. The maximum atomic E-state index is 6.57. The van der Waals surface area contributed by atoms with Crippen molar-refractivity contribution in [2.45, 2.75) is 0 Å². The number of hydrogen-bond donors (Lipinski definition) is 0. The van der Waals surface area contributed by atoms with Crippen LogP contribution in [0.4, 0.5) is 17.1 Å². The minimum atomic E-state index is 0.638. The first-order valence-corrected chi connectivity index (χ1v) is 18.7. The third-order valence-electron chi connectivity index (χ3n) is 10.4. The average Bonchev–Trinajstić information content (AvgIpc) is 3.83. The summed E-state index contributed by atoms with van der Waals surface area (Å²) in [5.41, 5.74) is 8.35. The van der Waals surface area contributed by atoms with Crippen LogP contribution in [0.3, 0.4) is 0 Å². The first-order valence-electron chi connectivity index (χ1n) is 17.9. The van der Waals surface area contributed by atoms with Gasteiger partial charge in [0.25, 0.3) is 0 Å². The molecule has 0 fully saturated rings. The quantitative estimate of drug-likeness (QED) is 0.168. The van der Waals surface area contributed by atoms with Crippen LogP contribution in [-0.2, 0) is 0 Å². The first-order chi connectivity index (χ1) is 26.3. The Balaban J connectivity index is 1.10. The van der Waals surface area contributed by atoms with Gasteiger partial charge in [0.05, 0.1) is 5.69 Å². The van der Waals surface area contributed by atoms with Gasteiger partial charge in [0.1, 0.15) is 5.52 Å². The SMILES string of the molecule is c1ccc(-c2nc3ccc4ccc5ccc6cc(-c7ccccc7N(c7ccccc7)c7ccc8sc9ccccc9c8c7)ccc6c5c4c3o2)cc1. The van der Waals surface area contributed by atoms with Gasteiger partial charge < -0.3 is 9.32 Å². The van der Waals surface area contributed by atoms with Gasteiger partial charge in [-0.1, -0.05) is 115 Å². The molecule has 2 heterocycles. The number of anilines is 3. The predicted octanol–water partition coefficient (Wildman–Crippen LogP) is 14.5. The molecule has 3 nitrogen and oxygen atoms in total. The van der Waals surface area contributed by atoms with Crippen LogP contribution in [0.5, 0.6) is 0 Å². The van der Waals surface area contributed by atoms with E-state index in [1.54, 1.807) is 0 Å². The Labute approximate surface area is 309 Å². The summed E-state index contributed by atoms with van der Waals surface area (Å²) in [7, 11) is 0. The van der Waals surface area contributed by atoms with E-state index in [4.69, 9.17) is 9.40 Å². The van der Waals surface area contributed by atoms with Gasteiger partial charge in [-0.3, -0.25) is 0 Å². The predicted molar refractivity (Wildman–Crippen MR) is 225 cm³/mol. The number of oxazole rings is 1. The van der Waals surface area contributed by atoms with Crippen molar-refractivity contribution in [1.29, 1.82) is 0 Å². The number of aromatic nitrogens is 1. The molecule has 0 saturated heterocycles. The van der Waals surface area contributed by atoms with Gasteiger partial charge in [-0.15, -0.1) is 11.3 Å². The molecule has 0 aliphatic carbocycles. The van der Waals surface area contributed by atoms with Gasteiger partial charge in [-0.05, 0) is 93.8 Å². The van der Waals surface area contributed by atoms with Gasteiger partial charge in [-0.2, -0.15) is 0 Å². The molecule has 0 bridgehead atoms. The summed E-state index contributed by atoms with van der Waals surface area (Å²) in [4.78, 5) is 7.30. The van der Waals surface area contributed by atoms with E-state index in [9.17, 15) is 0 Å². The lowest BCUT2D eigenvalue weighted by Crippen LogP contribution is -2.11. The molecule has 11 rings (SSSR count). The van der Waals surface area contributed by atoms with Crippen LogP contribution >= 0.6 is 11.3 Å². The molecule has 0 amide bonds. The highest BCUT2D eigenvalue weighted by Gasteiger charge is 2.20. The Kier molecular flexibility index (Phi) is 6.73. The number of hydrogen-bond acceptors (Lipinski definition) is 4. The van der Waals surface area contributed by atoms with Crippen LogP contribution in [0, 0.1) is 0 Å². The molecule has 0 unspecified atom stereocenters. The number of para-hydroxylation sites is 2. The van der Waals surface area contributed by atoms with E-state index in [0.29, 0.717) is 5.89 Å². The fourth-order valence-corrected chi connectivity index (χ4v) is 9.08. The molecule has 4 heteroatoms. The normalized spacial score (nSPS) is 11.8. The molecule has 0 aliphatic rings. The van der Waals surface area contributed by atoms with Crippen molar-refractivity contribution < 1.29 is 4.42 Å². The molecule has 2 aromatic heterocycles. The molecule has 11 aromatic rings. The zero-order chi connectivity index (χ0) is 34.9. The van der Waals surface area contributed by atoms with E-state index in [1.165, 1.54) is 41.7 Å². The van der Waals surface area contributed by atoms with Crippen LogP contribution in [0.2, 0.25) is 0 Å². The van der Waals surface area contributed by atoms with E-state index in [0.717, 1.165) is 55.6 Å². The van der Waals surface area contributed by atoms with E-state index in [-0.39, 0.29) is 0 Å².